The molecule has 0 radical (unpaired) electrons. The van der Waals surface area contributed by atoms with Crippen LogP contribution in [-0.2, 0) is 0 Å². The third kappa shape index (κ3) is 2.92. The first kappa shape index (κ1) is 11.8. The van der Waals surface area contributed by atoms with Gasteiger partial charge in [0, 0.05) is 16.2 Å². The van der Waals surface area contributed by atoms with Crippen LogP contribution in [0.5, 0.6) is 0 Å². The average Bonchev–Trinajstić information content (AvgIpc) is 2.34. The van der Waals surface area contributed by atoms with Gasteiger partial charge in [0.25, 0.3) is 0 Å². The Kier molecular flexibility index (Phi) is 3.55. The minimum atomic E-state index is 0.564. The largest absolute Gasteiger partial charge is 0.340 e. The number of hydrazine groups is 1. The van der Waals surface area contributed by atoms with Crippen LogP contribution in [0.3, 0.4) is 0 Å². The maximum Gasteiger partial charge on any atom is 0.145 e. The van der Waals surface area contributed by atoms with Crippen molar-refractivity contribution >= 4 is 33.3 Å². The lowest BCUT2D eigenvalue weighted by Gasteiger charge is -2.08. The minimum absolute atomic E-state index is 0.564. The van der Waals surface area contributed by atoms with Crippen LogP contribution < -0.4 is 16.6 Å². The van der Waals surface area contributed by atoms with Crippen molar-refractivity contribution in [2.45, 2.75) is 6.92 Å². The Morgan fingerprint density at radius 3 is 2.65 bits per heavy atom. The number of nitrogen functional groups attached to an aromatic ring is 1. The fourth-order valence-electron chi connectivity index (χ4n) is 1.32. The number of anilines is 3. The van der Waals surface area contributed by atoms with Gasteiger partial charge in [-0.15, -0.1) is 0 Å². The van der Waals surface area contributed by atoms with Crippen molar-refractivity contribution in [3.8, 4) is 0 Å². The Balaban J connectivity index is 2.22. The van der Waals surface area contributed by atoms with Crippen LogP contribution in [-0.4, -0.2) is 9.97 Å². The first-order valence-corrected chi connectivity index (χ1v) is 5.80. The monoisotopic (exact) mass is 293 g/mol. The van der Waals surface area contributed by atoms with Crippen LogP contribution in [0.1, 0.15) is 5.56 Å². The van der Waals surface area contributed by atoms with Gasteiger partial charge in [0.1, 0.15) is 18.0 Å². The van der Waals surface area contributed by atoms with E-state index in [1.165, 1.54) is 11.9 Å². The molecule has 0 bridgehead atoms. The molecule has 0 fully saturated rings. The molecule has 0 saturated heterocycles. The van der Waals surface area contributed by atoms with E-state index < -0.39 is 0 Å². The molecule has 2 rings (SSSR count). The normalized spacial score (nSPS) is 10.1. The van der Waals surface area contributed by atoms with E-state index in [0.29, 0.717) is 11.6 Å². The molecule has 0 aliphatic carbocycles. The molecule has 2 aromatic rings. The van der Waals surface area contributed by atoms with Gasteiger partial charge < -0.3 is 10.7 Å². The maximum atomic E-state index is 5.28. The summed E-state index contributed by atoms with van der Waals surface area (Å²) in [6.45, 7) is 2.04. The number of hydrogen-bond acceptors (Lipinski definition) is 5. The fraction of sp³-hybridized carbons (Fsp3) is 0.0909. The minimum Gasteiger partial charge on any atom is -0.340 e. The fourth-order valence-corrected chi connectivity index (χ4v) is 1.70. The summed E-state index contributed by atoms with van der Waals surface area (Å²) in [4.78, 5) is 8.04. The number of halogens is 1. The lowest BCUT2D eigenvalue weighted by molar-refractivity contribution is 1.14. The second kappa shape index (κ2) is 5.11. The Bertz CT molecular complexity index is 529. The van der Waals surface area contributed by atoms with Crippen molar-refractivity contribution in [3.05, 3.63) is 40.6 Å². The number of nitrogens with zero attached hydrogens (tertiary/aromatic N) is 2. The number of nitrogens with one attached hydrogen (secondary N) is 2. The lowest BCUT2D eigenvalue weighted by atomic mass is 10.2. The van der Waals surface area contributed by atoms with Crippen LogP contribution in [0.25, 0.3) is 0 Å². The smallest absolute Gasteiger partial charge is 0.145 e. The second-order valence-corrected chi connectivity index (χ2v) is 4.38. The van der Waals surface area contributed by atoms with Gasteiger partial charge in [-0.05, 0) is 24.6 Å². The Hall–Kier alpha value is -1.66. The number of hydrogen-bond donors (Lipinski definition) is 3. The highest BCUT2D eigenvalue weighted by Gasteiger charge is 2.00. The zero-order chi connectivity index (χ0) is 12.3. The first-order chi connectivity index (χ1) is 8.19. The van der Waals surface area contributed by atoms with E-state index in [-0.39, 0.29) is 0 Å². The van der Waals surface area contributed by atoms with Crippen LogP contribution in [0.4, 0.5) is 17.3 Å². The molecule has 0 aliphatic rings. The van der Waals surface area contributed by atoms with E-state index in [2.05, 4.69) is 36.6 Å². The van der Waals surface area contributed by atoms with E-state index in [0.717, 1.165) is 10.2 Å². The van der Waals surface area contributed by atoms with Gasteiger partial charge in [-0.1, -0.05) is 22.0 Å². The molecule has 5 nitrogen and oxygen atoms in total. The van der Waals surface area contributed by atoms with Crippen molar-refractivity contribution in [2.24, 2.45) is 5.84 Å². The van der Waals surface area contributed by atoms with Gasteiger partial charge in [0.15, 0.2) is 0 Å². The molecule has 6 heteroatoms. The average molecular weight is 294 g/mol. The van der Waals surface area contributed by atoms with Gasteiger partial charge in [-0.25, -0.2) is 15.8 Å². The quantitative estimate of drug-likeness (QED) is 0.599. The van der Waals surface area contributed by atoms with Crippen LogP contribution in [0.15, 0.2) is 35.1 Å². The van der Waals surface area contributed by atoms with Crippen LogP contribution in [0, 0.1) is 6.92 Å². The van der Waals surface area contributed by atoms with Gasteiger partial charge in [0.05, 0.1) is 0 Å². The second-order valence-electron chi connectivity index (χ2n) is 3.52. The molecule has 88 valence electrons. The standard InChI is InChI=1S/C11H12BrN5/c1-7-2-3-8(4-9(7)12)16-10-5-11(17-13)15-6-14-10/h2-6H,13H2,1H3,(H2,14,15,16,17). The summed E-state index contributed by atoms with van der Waals surface area (Å²) in [5.74, 6) is 6.53. The first-order valence-electron chi connectivity index (χ1n) is 5.01. The Morgan fingerprint density at radius 1 is 1.18 bits per heavy atom. The number of rotatable bonds is 3. The topological polar surface area (TPSA) is 75.9 Å². The summed E-state index contributed by atoms with van der Waals surface area (Å²) < 4.78 is 1.05. The third-order valence-corrected chi connectivity index (χ3v) is 3.11. The summed E-state index contributed by atoms with van der Waals surface area (Å²) in [6.07, 6.45) is 1.45. The summed E-state index contributed by atoms with van der Waals surface area (Å²) in [5, 5.41) is 3.17. The number of aryl methyl sites for hydroxylation is 1. The third-order valence-electron chi connectivity index (χ3n) is 2.26. The number of nitrogens with two attached hydrogens (primary N) is 1. The predicted octanol–water partition coefficient (Wildman–Crippen LogP) is 2.58. The summed E-state index contributed by atoms with van der Waals surface area (Å²) in [6, 6.07) is 7.73. The molecule has 1 aromatic carbocycles. The molecule has 0 spiro atoms. The zero-order valence-electron chi connectivity index (χ0n) is 9.24. The molecule has 1 aromatic heterocycles. The van der Waals surface area contributed by atoms with Gasteiger partial charge >= 0.3 is 0 Å². The molecule has 0 aliphatic heterocycles. The molecule has 4 N–H and O–H groups in total. The van der Waals surface area contributed by atoms with E-state index in [1.807, 2.05) is 25.1 Å². The van der Waals surface area contributed by atoms with Crippen LogP contribution in [0.2, 0.25) is 0 Å². The molecule has 0 saturated carbocycles. The molecule has 17 heavy (non-hydrogen) atoms. The summed E-state index contributed by atoms with van der Waals surface area (Å²) in [5.41, 5.74) is 4.60. The van der Waals surface area contributed by atoms with E-state index in [9.17, 15) is 0 Å². The molecule has 0 atom stereocenters. The van der Waals surface area contributed by atoms with Gasteiger partial charge in [-0.2, -0.15) is 0 Å². The van der Waals surface area contributed by atoms with E-state index in [4.69, 9.17) is 5.84 Å². The lowest BCUT2D eigenvalue weighted by Crippen LogP contribution is -2.09. The van der Waals surface area contributed by atoms with Crippen molar-refractivity contribution < 1.29 is 0 Å². The van der Waals surface area contributed by atoms with Gasteiger partial charge in [-0.3, -0.25) is 0 Å². The van der Waals surface area contributed by atoms with Gasteiger partial charge in [0.2, 0.25) is 0 Å². The number of aromatic nitrogens is 2. The SMILES string of the molecule is Cc1ccc(Nc2cc(NN)ncn2)cc1Br. The van der Waals surface area contributed by atoms with Crippen molar-refractivity contribution in [1.29, 1.82) is 0 Å². The van der Waals surface area contributed by atoms with Crippen molar-refractivity contribution in [3.63, 3.8) is 0 Å². The van der Waals surface area contributed by atoms with Crippen molar-refractivity contribution in [2.75, 3.05) is 10.7 Å². The van der Waals surface area contributed by atoms with E-state index in [1.54, 1.807) is 6.07 Å². The maximum absolute atomic E-state index is 5.28. The predicted molar refractivity (Wildman–Crippen MR) is 72.0 cm³/mol. The van der Waals surface area contributed by atoms with Crippen molar-refractivity contribution in [1.82, 2.24) is 9.97 Å². The molecular weight excluding hydrogens is 282 g/mol. The summed E-state index contributed by atoms with van der Waals surface area (Å²) in [7, 11) is 0. The number of benzene rings is 1. The zero-order valence-corrected chi connectivity index (χ0v) is 10.8. The highest BCUT2D eigenvalue weighted by atomic mass is 79.9. The Labute approximate surface area is 108 Å². The summed E-state index contributed by atoms with van der Waals surface area (Å²) >= 11 is 3.48. The molecular formula is C11H12BrN5. The molecule has 1 heterocycles. The molecule has 0 amide bonds. The highest BCUT2D eigenvalue weighted by molar-refractivity contribution is 9.10. The van der Waals surface area contributed by atoms with E-state index >= 15 is 0 Å². The highest BCUT2D eigenvalue weighted by Crippen LogP contribution is 2.23. The molecule has 0 unspecified atom stereocenters. The Morgan fingerprint density at radius 2 is 1.94 bits per heavy atom. The van der Waals surface area contributed by atoms with Crippen LogP contribution >= 0.6 is 15.9 Å².